The van der Waals surface area contributed by atoms with Crippen LogP contribution < -0.4 is 9.46 Å². The average molecular weight is 384 g/mol. The molecule has 0 bridgehead atoms. The minimum Gasteiger partial charge on any atom is -0.435 e. The van der Waals surface area contributed by atoms with Gasteiger partial charge in [-0.05, 0) is 29.8 Å². The quantitative estimate of drug-likeness (QED) is 0.796. The van der Waals surface area contributed by atoms with E-state index in [4.69, 9.17) is 0 Å². The van der Waals surface area contributed by atoms with Crippen molar-refractivity contribution < 1.29 is 26.7 Å². The Morgan fingerprint density at radius 1 is 1.15 bits per heavy atom. The molecule has 0 atom stereocenters. The van der Waals surface area contributed by atoms with E-state index in [2.05, 4.69) is 9.46 Å². The largest absolute Gasteiger partial charge is 0.435 e. The summed E-state index contributed by atoms with van der Waals surface area (Å²) in [7, 11) is -1.97. The molecular formula is C17H18F2N2O4S. The molecule has 0 saturated carbocycles. The lowest BCUT2D eigenvalue weighted by Crippen LogP contribution is -2.27. The average Bonchev–Trinajstić information content (AvgIpc) is 2.54. The van der Waals surface area contributed by atoms with Gasteiger partial charge in [-0.1, -0.05) is 24.3 Å². The molecule has 0 radical (unpaired) electrons. The summed E-state index contributed by atoms with van der Waals surface area (Å²) >= 11 is 0. The third-order valence-electron chi connectivity index (χ3n) is 3.37. The van der Waals surface area contributed by atoms with E-state index in [0.29, 0.717) is 5.56 Å². The van der Waals surface area contributed by atoms with Crippen LogP contribution in [0.15, 0.2) is 48.5 Å². The third kappa shape index (κ3) is 5.69. The molecule has 9 heteroatoms. The number of anilines is 1. The molecule has 0 aliphatic carbocycles. The van der Waals surface area contributed by atoms with Crippen LogP contribution in [0.3, 0.4) is 0 Å². The van der Waals surface area contributed by atoms with Crippen molar-refractivity contribution >= 4 is 21.6 Å². The summed E-state index contributed by atoms with van der Waals surface area (Å²) in [6, 6.07) is 12.2. The number of hydrogen-bond donors (Lipinski definition) is 1. The van der Waals surface area contributed by atoms with Gasteiger partial charge in [-0.15, -0.1) is 0 Å². The highest BCUT2D eigenvalue weighted by Crippen LogP contribution is 2.20. The second kappa shape index (κ2) is 8.13. The Balaban J connectivity index is 2.13. The van der Waals surface area contributed by atoms with E-state index >= 15 is 0 Å². The third-order valence-corrected chi connectivity index (χ3v) is 3.96. The number of benzene rings is 2. The van der Waals surface area contributed by atoms with Gasteiger partial charge in [-0.2, -0.15) is 8.78 Å². The molecular weight excluding hydrogens is 366 g/mol. The van der Waals surface area contributed by atoms with E-state index < -0.39 is 16.6 Å². The number of hydrogen-bond acceptors (Lipinski definition) is 4. The van der Waals surface area contributed by atoms with Gasteiger partial charge < -0.3 is 9.64 Å². The maximum Gasteiger partial charge on any atom is 0.387 e. The Labute approximate surface area is 150 Å². The molecule has 0 saturated heterocycles. The highest BCUT2D eigenvalue weighted by molar-refractivity contribution is 7.92. The second-order valence-electron chi connectivity index (χ2n) is 5.60. The van der Waals surface area contributed by atoms with Crippen molar-refractivity contribution in [2.45, 2.75) is 13.2 Å². The standard InChI is InChI=1S/C17H18F2N2O4S/c1-21(11-12-7-9-13(10-8-12)25-17(18)19)16(22)14-5-3-4-6-15(14)20-26(2,23)24/h3-10,17,20H,11H2,1-2H3. The Morgan fingerprint density at radius 3 is 2.35 bits per heavy atom. The van der Waals surface area contributed by atoms with Crippen LogP contribution in [0.5, 0.6) is 5.75 Å². The lowest BCUT2D eigenvalue weighted by Gasteiger charge is -2.19. The fraction of sp³-hybridized carbons (Fsp3) is 0.235. The molecule has 1 N–H and O–H groups in total. The maximum atomic E-state index is 12.6. The van der Waals surface area contributed by atoms with Crippen LogP contribution >= 0.6 is 0 Å². The van der Waals surface area contributed by atoms with Gasteiger partial charge in [0, 0.05) is 13.6 Å². The number of nitrogens with one attached hydrogen (secondary N) is 1. The van der Waals surface area contributed by atoms with E-state index in [9.17, 15) is 22.0 Å². The lowest BCUT2D eigenvalue weighted by atomic mass is 10.1. The molecule has 1 amide bonds. The summed E-state index contributed by atoms with van der Waals surface area (Å²) in [4.78, 5) is 14.0. The highest BCUT2D eigenvalue weighted by Gasteiger charge is 2.17. The van der Waals surface area contributed by atoms with Gasteiger partial charge in [0.15, 0.2) is 0 Å². The minimum absolute atomic E-state index is 0.0282. The Bertz CT molecular complexity index is 871. The summed E-state index contributed by atoms with van der Waals surface area (Å²) < 4.78 is 53.8. The molecule has 0 unspecified atom stereocenters. The molecule has 2 aromatic carbocycles. The van der Waals surface area contributed by atoms with E-state index in [1.54, 1.807) is 31.3 Å². The molecule has 6 nitrogen and oxygen atoms in total. The summed E-state index contributed by atoms with van der Waals surface area (Å²) in [5.41, 5.74) is 1.10. The predicted molar refractivity (Wildman–Crippen MR) is 93.8 cm³/mol. The summed E-state index contributed by atoms with van der Waals surface area (Å²) in [5.74, 6) is -0.356. The van der Waals surface area contributed by atoms with Gasteiger partial charge in [-0.25, -0.2) is 8.42 Å². The molecule has 0 aliphatic rings. The van der Waals surface area contributed by atoms with Gasteiger partial charge in [-0.3, -0.25) is 9.52 Å². The number of alkyl halides is 2. The summed E-state index contributed by atoms with van der Waals surface area (Å²) in [6.07, 6.45) is 1.00. The molecule has 140 valence electrons. The minimum atomic E-state index is -3.53. The molecule has 0 aromatic heterocycles. The summed E-state index contributed by atoms with van der Waals surface area (Å²) in [5, 5.41) is 0. The van der Waals surface area contributed by atoms with Gasteiger partial charge in [0.05, 0.1) is 17.5 Å². The fourth-order valence-electron chi connectivity index (χ4n) is 2.29. The van der Waals surface area contributed by atoms with Gasteiger partial charge in [0.25, 0.3) is 5.91 Å². The van der Waals surface area contributed by atoms with Crippen LogP contribution in [0.2, 0.25) is 0 Å². The van der Waals surface area contributed by atoms with Crippen LogP contribution in [0.25, 0.3) is 0 Å². The number of amides is 1. The molecule has 2 aromatic rings. The van der Waals surface area contributed by atoms with Crippen molar-refractivity contribution in [1.82, 2.24) is 4.90 Å². The van der Waals surface area contributed by atoms with Crippen LogP contribution in [0, 0.1) is 0 Å². The normalized spacial score (nSPS) is 11.3. The first-order chi connectivity index (χ1) is 12.2. The number of ether oxygens (including phenoxy) is 1. The van der Waals surface area contributed by atoms with Crippen LogP contribution in [0.1, 0.15) is 15.9 Å². The second-order valence-corrected chi connectivity index (χ2v) is 7.35. The van der Waals surface area contributed by atoms with Gasteiger partial charge in [0.2, 0.25) is 10.0 Å². The first-order valence-electron chi connectivity index (χ1n) is 7.52. The zero-order chi connectivity index (χ0) is 19.3. The highest BCUT2D eigenvalue weighted by atomic mass is 32.2. The Hall–Kier alpha value is -2.68. The summed E-state index contributed by atoms with van der Waals surface area (Å²) in [6.45, 7) is -2.69. The SMILES string of the molecule is CN(Cc1ccc(OC(F)F)cc1)C(=O)c1ccccc1NS(C)(=O)=O. The van der Waals surface area contributed by atoms with Gasteiger partial charge >= 0.3 is 6.61 Å². The molecule has 0 aliphatic heterocycles. The van der Waals surface area contributed by atoms with Gasteiger partial charge in [0.1, 0.15) is 5.75 Å². The number of sulfonamides is 1. The van der Waals surface area contributed by atoms with Crippen LogP contribution in [-0.4, -0.2) is 39.1 Å². The predicted octanol–water partition coefficient (Wildman–Crippen LogP) is 2.93. The van der Waals surface area contributed by atoms with Crippen molar-refractivity contribution in [2.24, 2.45) is 0 Å². The topological polar surface area (TPSA) is 75.7 Å². The number of nitrogens with zero attached hydrogens (tertiary/aromatic N) is 1. The van der Waals surface area contributed by atoms with E-state index in [0.717, 1.165) is 6.26 Å². The first-order valence-corrected chi connectivity index (χ1v) is 9.41. The van der Waals surface area contributed by atoms with E-state index in [1.807, 2.05) is 0 Å². The number of carbonyl (C=O) groups is 1. The monoisotopic (exact) mass is 384 g/mol. The zero-order valence-electron chi connectivity index (χ0n) is 14.1. The number of rotatable bonds is 7. The van der Waals surface area contributed by atoms with Crippen molar-refractivity contribution in [3.63, 3.8) is 0 Å². The lowest BCUT2D eigenvalue weighted by molar-refractivity contribution is -0.0498. The maximum absolute atomic E-state index is 12.6. The van der Waals surface area contributed by atoms with Crippen molar-refractivity contribution in [3.05, 3.63) is 59.7 Å². The molecule has 0 fully saturated rings. The van der Waals surface area contributed by atoms with E-state index in [1.165, 1.54) is 29.2 Å². The molecule has 0 heterocycles. The van der Waals surface area contributed by atoms with Crippen molar-refractivity contribution in [2.75, 3.05) is 18.0 Å². The van der Waals surface area contributed by atoms with E-state index in [-0.39, 0.29) is 29.5 Å². The molecule has 2 rings (SSSR count). The fourth-order valence-corrected chi connectivity index (χ4v) is 2.86. The zero-order valence-corrected chi connectivity index (χ0v) is 15.0. The number of carbonyl (C=O) groups excluding carboxylic acids is 1. The molecule has 0 spiro atoms. The smallest absolute Gasteiger partial charge is 0.387 e. The Morgan fingerprint density at radius 2 is 1.77 bits per heavy atom. The Kier molecular flexibility index (Phi) is 6.14. The first kappa shape index (κ1) is 19.6. The molecule has 26 heavy (non-hydrogen) atoms. The number of halogens is 2. The number of para-hydroxylation sites is 1. The van der Waals surface area contributed by atoms with Crippen LogP contribution in [0.4, 0.5) is 14.5 Å². The van der Waals surface area contributed by atoms with Crippen LogP contribution in [-0.2, 0) is 16.6 Å². The van der Waals surface area contributed by atoms with Crippen molar-refractivity contribution in [1.29, 1.82) is 0 Å². The van der Waals surface area contributed by atoms with Crippen molar-refractivity contribution in [3.8, 4) is 5.75 Å².